The minimum absolute atomic E-state index is 0.889. The second-order valence-electron chi connectivity index (χ2n) is 17.3. The SMILES string of the molecule is c1cc(-c2ccc(N(c3cccc(-c4cccc5ccccc45)c3)c3cccc(-c4cccc5oc6ccccc6c45)c3)cc2)cc(-c2ccc(-n3c4ccccc4c4ccccc43)cc2)c1. The second kappa shape index (κ2) is 16.0. The summed E-state index contributed by atoms with van der Waals surface area (Å²) in [5, 5.41) is 7.25. The van der Waals surface area contributed by atoms with Gasteiger partial charge in [0.1, 0.15) is 11.2 Å². The number of aromatic nitrogens is 1. The van der Waals surface area contributed by atoms with E-state index in [1.165, 1.54) is 60.4 Å². The molecule has 0 amide bonds. The first-order valence-electron chi connectivity index (χ1n) is 22.9. The summed E-state index contributed by atoms with van der Waals surface area (Å²) in [7, 11) is 0. The molecule has 0 radical (unpaired) electrons. The number of nitrogens with zero attached hydrogens (tertiary/aromatic N) is 2. The molecule has 13 aromatic rings. The lowest BCUT2D eigenvalue weighted by atomic mass is 9.97. The van der Waals surface area contributed by atoms with E-state index in [0.29, 0.717) is 0 Å². The number of rotatable bonds is 8. The summed E-state index contributed by atoms with van der Waals surface area (Å²) in [6.45, 7) is 0. The highest BCUT2D eigenvalue weighted by molar-refractivity contribution is 6.13. The van der Waals surface area contributed by atoms with Gasteiger partial charge < -0.3 is 13.9 Å². The molecule has 3 heteroatoms. The molecular formula is C64H42N2O. The molecule has 0 bridgehead atoms. The molecule has 2 heterocycles. The van der Waals surface area contributed by atoms with Crippen LogP contribution in [0.2, 0.25) is 0 Å². The topological polar surface area (TPSA) is 21.3 Å². The van der Waals surface area contributed by atoms with Gasteiger partial charge >= 0.3 is 0 Å². The predicted octanol–water partition coefficient (Wildman–Crippen LogP) is 18.0. The van der Waals surface area contributed by atoms with Crippen molar-refractivity contribution in [1.82, 2.24) is 4.57 Å². The Hall–Kier alpha value is -8.92. The Balaban J connectivity index is 0.879. The lowest BCUT2D eigenvalue weighted by molar-refractivity contribution is 0.669. The third kappa shape index (κ3) is 6.67. The van der Waals surface area contributed by atoms with Crippen molar-refractivity contribution in [2.24, 2.45) is 0 Å². The molecular weight excluding hydrogens is 813 g/mol. The molecule has 0 fully saturated rings. The molecule has 0 atom stereocenters. The Morgan fingerprint density at radius 3 is 1.49 bits per heavy atom. The minimum atomic E-state index is 0.889. The lowest BCUT2D eigenvalue weighted by Crippen LogP contribution is -2.10. The van der Waals surface area contributed by atoms with Crippen LogP contribution in [0.15, 0.2) is 259 Å². The summed E-state index contributed by atoms with van der Waals surface area (Å²) in [5.74, 6) is 0. The van der Waals surface area contributed by atoms with E-state index in [1.807, 2.05) is 12.1 Å². The van der Waals surface area contributed by atoms with Gasteiger partial charge in [0.2, 0.25) is 0 Å². The smallest absolute Gasteiger partial charge is 0.136 e. The van der Waals surface area contributed by atoms with Crippen LogP contribution in [0.3, 0.4) is 0 Å². The van der Waals surface area contributed by atoms with Crippen LogP contribution in [0.25, 0.3) is 105 Å². The van der Waals surface area contributed by atoms with Gasteiger partial charge in [-0.25, -0.2) is 0 Å². The number of fused-ring (bicyclic) bond motifs is 7. The highest BCUT2D eigenvalue weighted by atomic mass is 16.3. The monoisotopic (exact) mass is 854 g/mol. The molecule has 0 saturated heterocycles. The van der Waals surface area contributed by atoms with Crippen molar-refractivity contribution in [3.63, 3.8) is 0 Å². The van der Waals surface area contributed by atoms with Gasteiger partial charge in [0, 0.05) is 44.3 Å². The number of anilines is 3. The Morgan fingerprint density at radius 2 is 0.791 bits per heavy atom. The first-order chi connectivity index (χ1) is 33.2. The van der Waals surface area contributed by atoms with Crippen LogP contribution in [0, 0.1) is 0 Å². The normalized spacial score (nSPS) is 11.6. The fourth-order valence-electron chi connectivity index (χ4n) is 10.2. The molecule has 0 aliphatic rings. The average molecular weight is 855 g/mol. The zero-order valence-corrected chi connectivity index (χ0v) is 36.6. The van der Waals surface area contributed by atoms with Gasteiger partial charge in [0.25, 0.3) is 0 Å². The van der Waals surface area contributed by atoms with Crippen LogP contribution >= 0.6 is 0 Å². The molecule has 314 valence electrons. The Kier molecular flexibility index (Phi) is 9.17. The Morgan fingerprint density at radius 1 is 0.299 bits per heavy atom. The highest BCUT2D eigenvalue weighted by Crippen LogP contribution is 2.43. The van der Waals surface area contributed by atoms with E-state index in [-0.39, 0.29) is 0 Å². The number of para-hydroxylation sites is 3. The molecule has 11 aromatic carbocycles. The van der Waals surface area contributed by atoms with Crippen molar-refractivity contribution in [1.29, 1.82) is 0 Å². The maximum atomic E-state index is 6.33. The van der Waals surface area contributed by atoms with E-state index in [9.17, 15) is 0 Å². The molecule has 0 aliphatic carbocycles. The fraction of sp³-hybridized carbons (Fsp3) is 0. The molecule has 0 aliphatic heterocycles. The van der Waals surface area contributed by atoms with E-state index < -0.39 is 0 Å². The summed E-state index contributed by atoms with van der Waals surface area (Å²) in [6, 6.07) is 91.9. The zero-order valence-electron chi connectivity index (χ0n) is 36.6. The fourth-order valence-corrected chi connectivity index (χ4v) is 10.2. The minimum Gasteiger partial charge on any atom is -0.456 e. The predicted molar refractivity (Wildman–Crippen MR) is 282 cm³/mol. The van der Waals surface area contributed by atoms with E-state index in [1.54, 1.807) is 0 Å². The summed E-state index contributed by atoms with van der Waals surface area (Å²) < 4.78 is 8.70. The third-order valence-electron chi connectivity index (χ3n) is 13.4. The van der Waals surface area contributed by atoms with Gasteiger partial charge in [-0.3, -0.25) is 0 Å². The van der Waals surface area contributed by atoms with E-state index in [0.717, 1.165) is 61.4 Å². The highest BCUT2D eigenvalue weighted by Gasteiger charge is 2.18. The summed E-state index contributed by atoms with van der Waals surface area (Å²) >= 11 is 0. The molecule has 0 N–H and O–H groups in total. The molecule has 2 aromatic heterocycles. The first kappa shape index (κ1) is 38.5. The first-order valence-corrected chi connectivity index (χ1v) is 22.9. The average Bonchev–Trinajstić information content (AvgIpc) is 3.95. The van der Waals surface area contributed by atoms with Crippen molar-refractivity contribution < 1.29 is 4.42 Å². The van der Waals surface area contributed by atoms with Gasteiger partial charge in [0.05, 0.1) is 11.0 Å². The van der Waals surface area contributed by atoms with Crippen LogP contribution in [-0.4, -0.2) is 4.57 Å². The van der Waals surface area contributed by atoms with Crippen LogP contribution in [-0.2, 0) is 0 Å². The number of benzene rings is 11. The van der Waals surface area contributed by atoms with Gasteiger partial charge in [-0.05, 0) is 134 Å². The van der Waals surface area contributed by atoms with Gasteiger partial charge in [-0.1, -0.05) is 176 Å². The van der Waals surface area contributed by atoms with Crippen LogP contribution in [0.1, 0.15) is 0 Å². The number of hydrogen-bond donors (Lipinski definition) is 0. The molecule has 13 rings (SSSR count). The number of hydrogen-bond acceptors (Lipinski definition) is 2. The second-order valence-corrected chi connectivity index (χ2v) is 17.3. The maximum Gasteiger partial charge on any atom is 0.136 e. The summed E-state index contributed by atoms with van der Waals surface area (Å²) in [4.78, 5) is 2.38. The van der Waals surface area contributed by atoms with Crippen LogP contribution in [0.4, 0.5) is 17.1 Å². The largest absolute Gasteiger partial charge is 0.456 e. The molecule has 67 heavy (non-hydrogen) atoms. The van der Waals surface area contributed by atoms with Crippen molar-refractivity contribution in [3.8, 4) is 50.2 Å². The third-order valence-corrected chi connectivity index (χ3v) is 13.4. The molecule has 0 unspecified atom stereocenters. The van der Waals surface area contributed by atoms with Gasteiger partial charge in [-0.2, -0.15) is 0 Å². The standard InChI is InChI=1S/C64H42N2O/c1-2-22-54-45(14-1)15-12-26-55(54)48-18-10-20-52(41-48)65(53-21-11-19-49(42-53)56-27-13-31-63-64(56)59-25-5-8-30-62(59)67-63)50-36-32-43(33-37-50)46-16-9-17-47(40-46)44-34-38-51(39-35-44)66-60-28-6-3-23-57(60)58-24-4-7-29-61(58)66/h1-42H. The lowest BCUT2D eigenvalue weighted by Gasteiger charge is -2.27. The zero-order chi connectivity index (χ0) is 44.3. The van der Waals surface area contributed by atoms with E-state index in [4.69, 9.17) is 4.42 Å². The maximum absolute atomic E-state index is 6.33. The van der Waals surface area contributed by atoms with E-state index in [2.05, 4.69) is 252 Å². The van der Waals surface area contributed by atoms with Crippen molar-refractivity contribution in [2.75, 3.05) is 4.90 Å². The van der Waals surface area contributed by atoms with Gasteiger partial charge in [0.15, 0.2) is 0 Å². The molecule has 0 spiro atoms. The summed E-state index contributed by atoms with van der Waals surface area (Å²) in [6.07, 6.45) is 0. The molecule has 3 nitrogen and oxygen atoms in total. The Labute approximate surface area is 388 Å². The quantitative estimate of drug-likeness (QED) is 0.152. The van der Waals surface area contributed by atoms with E-state index >= 15 is 0 Å². The van der Waals surface area contributed by atoms with Crippen molar-refractivity contribution in [3.05, 3.63) is 255 Å². The number of furan rings is 1. The van der Waals surface area contributed by atoms with Crippen molar-refractivity contribution in [2.45, 2.75) is 0 Å². The summed E-state index contributed by atoms with van der Waals surface area (Å²) in [5.41, 5.74) is 17.9. The van der Waals surface area contributed by atoms with Gasteiger partial charge in [-0.15, -0.1) is 0 Å². The molecule has 0 saturated carbocycles. The van der Waals surface area contributed by atoms with Crippen LogP contribution < -0.4 is 4.90 Å². The van der Waals surface area contributed by atoms with Crippen molar-refractivity contribution >= 4 is 71.6 Å². The van der Waals surface area contributed by atoms with Crippen LogP contribution in [0.5, 0.6) is 0 Å². The Bertz CT molecular complexity index is 3930.